The Morgan fingerprint density at radius 1 is 1.12 bits per heavy atom. The fraction of sp³-hybridized carbons (Fsp3) is 0.889. The summed E-state index contributed by atoms with van der Waals surface area (Å²) in [7, 11) is 0. The summed E-state index contributed by atoms with van der Waals surface area (Å²) in [5.41, 5.74) is -1.39. The van der Waals surface area contributed by atoms with Crippen molar-refractivity contribution in [1.82, 2.24) is 0 Å². The van der Waals surface area contributed by atoms with Crippen LogP contribution in [0.3, 0.4) is 0 Å². The highest BCUT2D eigenvalue weighted by Gasteiger charge is 2.66. The minimum atomic E-state index is -0.976. The number of fused-ring (bicyclic) bond motifs is 5. The summed E-state index contributed by atoms with van der Waals surface area (Å²) in [4.78, 5) is 13.2. The lowest BCUT2D eigenvalue weighted by Crippen LogP contribution is -2.60. The zero-order chi connectivity index (χ0) is 23.7. The van der Waals surface area contributed by atoms with Gasteiger partial charge in [0.15, 0.2) is 5.78 Å². The Balaban J connectivity index is 1.60. The molecule has 0 radical (unpaired) electrons. The van der Waals surface area contributed by atoms with Gasteiger partial charge in [0.25, 0.3) is 0 Å². The lowest BCUT2D eigenvalue weighted by atomic mass is 9.46. The van der Waals surface area contributed by atoms with Gasteiger partial charge >= 0.3 is 0 Å². The van der Waals surface area contributed by atoms with Crippen LogP contribution in [-0.2, 0) is 4.79 Å². The second kappa shape index (κ2) is 7.90. The van der Waals surface area contributed by atoms with Crippen molar-refractivity contribution in [3.63, 3.8) is 0 Å². The first-order valence-electron chi connectivity index (χ1n) is 12.8. The number of rotatable bonds is 5. The molecule has 0 aromatic carbocycles. The molecule has 32 heavy (non-hydrogen) atoms. The number of aliphatic hydroxyl groups excluding tert-OH is 2. The van der Waals surface area contributed by atoms with Gasteiger partial charge in [-0.05, 0) is 93.6 Å². The largest absolute Gasteiger partial charge is 0.390 e. The Labute approximate surface area is 193 Å². The lowest BCUT2D eigenvalue weighted by molar-refractivity contribution is -0.153. The van der Waals surface area contributed by atoms with E-state index in [1.54, 1.807) is 6.08 Å². The van der Waals surface area contributed by atoms with E-state index in [9.17, 15) is 25.2 Å². The number of hydrogen-bond acceptors (Lipinski definition) is 5. The molecule has 0 aromatic heterocycles. The van der Waals surface area contributed by atoms with Crippen LogP contribution in [0.4, 0.5) is 0 Å². The number of allylic oxidation sites excluding steroid dienone is 1. The highest BCUT2D eigenvalue weighted by molar-refractivity contribution is 5.95. The number of hydrogen-bond donors (Lipinski definition) is 4. The SMILES string of the molecule is C[C@H](CCCC(C)(C)O)C1CCC2(O)C3=CC(=O)[C@@H]4C[C@@H](O)[C@@H](O)C[C@]4(C)[C@H]3CC[C@]12C. The third kappa shape index (κ3) is 3.62. The van der Waals surface area contributed by atoms with Crippen molar-refractivity contribution >= 4 is 5.78 Å². The number of carbonyl (C=O) groups is 1. The van der Waals surface area contributed by atoms with E-state index in [2.05, 4.69) is 20.8 Å². The van der Waals surface area contributed by atoms with Crippen LogP contribution in [0, 0.1) is 34.5 Å². The molecule has 4 N–H and O–H groups in total. The van der Waals surface area contributed by atoms with Crippen molar-refractivity contribution in [1.29, 1.82) is 0 Å². The fourth-order valence-electron chi connectivity index (χ4n) is 8.38. The Morgan fingerprint density at radius 3 is 2.47 bits per heavy atom. The molecule has 0 aromatic rings. The molecule has 0 spiro atoms. The molecule has 5 nitrogen and oxygen atoms in total. The van der Waals surface area contributed by atoms with Crippen LogP contribution in [0.25, 0.3) is 0 Å². The van der Waals surface area contributed by atoms with Crippen molar-refractivity contribution in [3.8, 4) is 0 Å². The maximum absolute atomic E-state index is 13.2. The van der Waals surface area contributed by atoms with Gasteiger partial charge in [-0.15, -0.1) is 0 Å². The lowest BCUT2D eigenvalue weighted by Gasteiger charge is -2.60. The van der Waals surface area contributed by atoms with Gasteiger partial charge in [-0.25, -0.2) is 0 Å². The van der Waals surface area contributed by atoms with Gasteiger partial charge in [-0.2, -0.15) is 0 Å². The summed E-state index contributed by atoms with van der Waals surface area (Å²) in [6.07, 6.45) is 7.07. The van der Waals surface area contributed by atoms with Gasteiger partial charge in [0.2, 0.25) is 0 Å². The minimum Gasteiger partial charge on any atom is -0.390 e. The summed E-state index contributed by atoms with van der Waals surface area (Å²) in [5.74, 6) is 0.651. The standard InChI is InChI=1S/C27H44O5/c1-16(7-6-10-24(2,3)31)17-9-12-27(32)19-13-21(28)20-14-22(29)23(30)15-25(20,4)18(19)8-11-26(17,27)5/h13,16-18,20,22-23,29-32H,6-12,14-15H2,1-5H3/t16-,17?,18+,20+,22-,23+,25-,26-,27?/m1/s1. The Hall–Kier alpha value is -0.750. The minimum absolute atomic E-state index is 0.0176. The van der Waals surface area contributed by atoms with Crippen LogP contribution >= 0.6 is 0 Å². The molecule has 0 bridgehead atoms. The first-order chi connectivity index (χ1) is 14.7. The first-order valence-corrected chi connectivity index (χ1v) is 12.8. The summed E-state index contributed by atoms with van der Waals surface area (Å²) >= 11 is 0. The Kier molecular flexibility index (Phi) is 6.02. The molecular formula is C27H44O5. The van der Waals surface area contributed by atoms with E-state index < -0.39 is 28.8 Å². The molecule has 4 rings (SSSR count). The highest BCUT2D eigenvalue weighted by Crippen LogP contribution is 2.68. The summed E-state index contributed by atoms with van der Waals surface area (Å²) in [6.45, 7) is 10.3. The average Bonchev–Trinajstić information content (AvgIpc) is 2.95. The van der Waals surface area contributed by atoms with E-state index in [0.29, 0.717) is 31.1 Å². The first kappa shape index (κ1) is 24.4. The van der Waals surface area contributed by atoms with Gasteiger partial charge in [-0.3, -0.25) is 4.79 Å². The number of carbonyl (C=O) groups excluding carboxylic acids is 1. The molecule has 3 saturated carbocycles. The molecule has 3 fully saturated rings. The molecule has 0 saturated heterocycles. The smallest absolute Gasteiger partial charge is 0.159 e. The maximum atomic E-state index is 13.2. The van der Waals surface area contributed by atoms with Gasteiger partial charge in [0.1, 0.15) is 0 Å². The molecule has 2 unspecified atom stereocenters. The molecule has 0 amide bonds. The zero-order valence-corrected chi connectivity index (χ0v) is 20.6. The van der Waals surface area contributed by atoms with E-state index in [0.717, 1.165) is 44.1 Å². The van der Waals surface area contributed by atoms with Crippen molar-refractivity contribution < 1.29 is 25.2 Å². The highest BCUT2D eigenvalue weighted by atomic mass is 16.3. The van der Waals surface area contributed by atoms with Crippen LogP contribution in [0.1, 0.15) is 92.4 Å². The summed E-state index contributed by atoms with van der Waals surface area (Å²) in [6, 6.07) is 0. The molecule has 4 aliphatic carbocycles. The molecule has 4 aliphatic rings. The van der Waals surface area contributed by atoms with Crippen LogP contribution in [-0.4, -0.2) is 49.6 Å². The molecule has 182 valence electrons. The van der Waals surface area contributed by atoms with E-state index >= 15 is 0 Å². The second-order valence-electron chi connectivity index (χ2n) is 12.8. The van der Waals surface area contributed by atoms with Crippen LogP contribution in [0.15, 0.2) is 11.6 Å². The van der Waals surface area contributed by atoms with Crippen molar-refractivity contribution in [2.45, 2.75) is 116 Å². The van der Waals surface area contributed by atoms with E-state index in [4.69, 9.17) is 0 Å². The van der Waals surface area contributed by atoms with Crippen LogP contribution in [0.2, 0.25) is 0 Å². The predicted octanol–water partition coefficient (Wildman–Crippen LogP) is 3.77. The Bertz CT molecular complexity index is 783. The molecule has 0 heterocycles. The topological polar surface area (TPSA) is 98.0 Å². The summed E-state index contributed by atoms with van der Waals surface area (Å²) in [5, 5.41) is 42.9. The number of ketones is 1. The van der Waals surface area contributed by atoms with Gasteiger partial charge < -0.3 is 20.4 Å². The van der Waals surface area contributed by atoms with E-state index in [-0.39, 0.29) is 23.0 Å². The predicted molar refractivity (Wildman–Crippen MR) is 124 cm³/mol. The fourth-order valence-corrected chi connectivity index (χ4v) is 8.38. The number of aliphatic hydroxyl groups is 4. The van der Waals surface area contributed by atoms with E-state index in [1.165, 1.54) is 0 Å². The van der Waals surface area contributed by atoms with Crippen LogP contribution in [0.5, 0.6) is 0 Å². The third-order valence-corrected chi connectivity index (χ3v) is 10.3. The molecule has 0 aliphatic heterocycles. The Morgan fingerprint density at radius 2 is 1.81 bits per heavy atom. The van der Waals surface area contributed by atoms with E-state index in [1.807, 2.05) is 13.8 Å². The van der Waals surface area contributed by atoms with Gasteiger partial charge in [0, 0.05) is 11.3 Å². The molecular weight excluding hydrogens is 404 g/mol. The maximum Gasteiger partial charge on any atom is 0.159 e. The van der Waals surface area contributed by atoms with Crippen molar-refractivity contribution in [2.24, 2.45) is 34.5 Å². The zero-order valence-electron chi connectivity index (χ0n) is 20.6. The molecule has 9 atom stereocenters. The van der Waals surface area contributed by atoms with Crippen LogP contribution < -0.4 is 0 Å². The van der Waals surface area contributed by atoms with Crippen molar-refractivity contribution in [2.75, 3.05) is 0 Å². The normalized spacial score (nSPS) is 47.3. The quantitative estimate of drug-likeness (QED) is 0.513. The third-order valence-electron chi connectivity index (χ3n) is 10.3. The van der Waals surface area contributed by atoms with Gasteiger partial charge in [-0.1, -0.05) is 33.6 Å². The van der Waals surface area contributed by atoms with Crippen molar-refractivity contribution in [3.05, 3.63) is 11.6 Å². The monoisotopic (exact) mass is 448 g/mol. The average molecular weight is 449 g/mol. The second-order valence-corrected chi connectivity index (χ2v) is 12.8. The summed E-state index contributed by atoms with van der Waals surface area (Å²) < 4.78 is 0. The molecule has 5 heteroatoms. The van der Waals surface area contributed by atoms with Gasteiger partial charge in [0.05, 0.1) is 23.4 Å².